The molecule has 1 heterocycles. The van der Waals surface area contributed by atoms with E-state index in [2.05, 4.69) is 21.9 Å². The second kappa shape index (κ2) is 7.61. The number of aromatic nitrogens is 2. The lowest BCUT2D eigenvalue weighted by atomic mass is 10.2. The first-order chi connectivity index (χ1) is 10.5. The van der Waals surface area contributed by atoms with Crippen LogP contribution in [0.15, 0.2) is 30.5 Å². The maximum absolute atomic E-state index is 11.0. The van der Waals surface area contributed by atoms with E-state index in [1.54, 1.807) is 24.3 Å². The van der Waals surface area contributed by atoms with Crippen LogP contribution in [0, 0.1) is 6.92 Å². The van der Waals surface area contributed by atoms with Crippen molar-refractivity contribution in [1.29, 1.82) is 0 Å². The quantitative estimate of drug-likeness (QED) is 0.727. The number of primary amides is 1. The molecule has 0 saturated carbocycles. The maximum atomic E-state index is 11.0. The van der Waals surface area contributed by atoms with E-state index < -0.39 is 5.91 Å². The molecule has 1 aromatic heterocycles. The van der Waals surface area contributed by atoms with Crippen molar-refractivity contribution in [3.63, 3.8) is 0 Å². The Bertz CT molecular complexity index is 607. The number of ether oxygens (including phenoxy) is 1. The molecule has 22 heavy (non-hydrogen) atoms. The summed E-state index contributed by atoms with van der Waals surface area (Å²) < 4.78 is 5.64. The molecule has 0 bridgehead atoms. The standard InChI is InChI=1S/C16H22N4O2/c1-12-10-18-15(19-12)11-20(2)8-3-9-22-14-6-4-13(5-7-14)16(17)21/h4-7,10H,3,8-9,11H2,1-2H3,(H2,17,21)(H,18,19). The maximum Gasteiger partial charge on any atom is 0.248 e. The summed E-state index contributed by atoms with van der Waals surface area (Å²) in [5.74, 6) is 1.29. The lowest BCUT2D eigenvalue weighted by Crippen LogP contribution is -2.21. The van der Waals surface area contributed by atoms with Crippen LogP contribution in [-0.2, 0) is 6.54 Å². The number of benzene rings is 1. The van der Waals surface area contributed by atoms with Crippen LogP contribution in [0.5, 0.6) is 5.75 Å². The first kappa shape index (κ1) is 16.0. The molecular weight excluding hydrogens is 280 g/mol. The summed E-state index contributed by atoms with van der Waals surface area (Å²) in [6.07, 6.45) is 2.75. The zero-order valence-electron chi connectivity index (χ0n) is 13.0. The molecule has 0 unspecified atom stereocenters. The largest absolute Gasteiger partial charge is 0.494 e. The number of hydrogen-bond donors (Lipinski definition) is 2. The van der Waals surface area contributed by atoms with Gasteiger partial charge in [0.2, 0.25) is 5.91 Å². The molecule has 0 atom stereocenters. The molecule has 0 radical (unpaired) electrons. The van der Waals surface area contributed by atoms with E-state index in [0.29, 0.717) is 12.2 Å². The predicted molar refractivity (Wildman–Crippen MR) is 84.7 cm³/mol. The van der Waals surface area contributed by atoms with Crippen molar-refractivity contribution < 1.29 is 9.53 Å². The summed E-state index contributed by atoms with van der Waals surface area (Å²) in [6, 6.07) is 6.86. The van der Waals surface area contributed by atoms with Gasteiger partial charge in [0.1, 0.15) is 11.6 Å². The minimum atomic E-state index is -0.429. The Hall–Kier alpha value is -2.34. The van der Waals surface area contributed by atoms with E-state index >= 15 is 0 Å². The fraction of sp³-hybridized carbons (Fsp3) is 0.375. The zero-order chi connectivity index (χ0) is 15.9. The lowest BCUT2D eigenvalue weighted by Gasteiger charge is -2.15. The average molecular weight is 302 g/mol. The van der Waals surface area contributed by atoms with Gasteiger partial charge in [0.25, 0.3) is 0 Å². The second-order valence-corrected chi connectivity index (χ2v) is 5.34. The molecule has 6 nitrogen and oxygen atoms in total. The summed E-state index contributed by atoms with van der Waals surface area (Å²) in [5.41, 5.74) is 6.75. The van der Waals surface area contributed by atoms with Gasteiger partial charge in [-0.15, -0.1) is 0 Å². The van der Waals surface area contributed by atoms with Crippen LogP contribution in [0.3, 0.4) is 0 Å². The van der Waals surface area contributed by atoms with Crippen molar-refractivity contribution in [1.82, 2.24) is 14.9 Å². The van der Waals surface area contributed by atoms with Gasteiger partial charge in [-0.2, -0.15) is 0 Å². The van der Waals surface area contributed by atoms with Crippen LogP contribution < -0.4 is 10.5 Å². The molecule has 3 N–H and O–H groups in total. The van der Waals surface area contributed by atoms with Crippen molar-refractivity contribution in [2.75, 3.05) is 20.2 Å². The smallest absolute Gasteiger partial charge is 0.248 e. The van der Waals surface area contributed by atoms with Gasteiger partial charge < -0.3 is 15.5 Å². The molecule has 1 aromatic carbocycles. The molecule has 2 aromatic rings. The third-order valence-corrected chi connectivity index (χ3v) is 3.27. The molecule has 0 aliphatic carbocycles. The van der Waals surface area contributed by atoms with Crippen LogP contribution in [0.4, 0.5) is 0 Å². The van der Waals surface area contributed by atoms with Crippen LogP contribution in [0.1, 0.15) is 28.3 Å². The Labute approximate surface area is 130 Å². The summed E-state index contributed by atoms with van der Waals surface area (Å²) >= 11 is 0. The number of nitrogens with two attached hydrogens (primary N) is 1. The van der Waals surface area contributed by atoms with Crippen molar-refractivity contribution in [2.45, 2.75) is 19.9 Å². The SMILES string of the molecule is Cc1cnc(CN(C)CCCOc2ccc(C(N)=O)cc2)[nH]1. The number of nitrogens with one attached hydrogen (secondary N) is 1. The van der Waals surface area contributed by atoms with Crippen molar-refractivity contribution >= 4 is 5.91 Å². The number of carbonyl (C=O) groups excluding carboxylic acids is 1. The molecule has 0 spiro atoms. The Kier molecular flexibility index (Phi) is 5.55. The number of nitrogens with zero attached hydrogens (tertiary/aromatic N) is 2. The monoisotopic (exact) mass is 302 g/mol. The lowest BCUT2D eigenvalue weighted by molar-refractivity contribution is 0.100. The van der Waals surface area contributed by atoms with Crippen molar-refractivity contribution in [3.8, 4) is 5.75 Å². The zero-order valence-corrected chi connectivity index (χ0v) is 13.0. The molecule has 0 aliphatic rings. The van der Waals surface area contributed by atoms with Gasteiger partial charge in [-0.3, -0.25) is 9.69 Å². The van der Waals surface area contributed by atoms with E-state index in [0.717, 1.165) is 36.8 Å². The molecule has 2 rings (SSSR count). The van der Waals surface area contributed by atoms with Crippen LogP contribution >= 0.6 is 0 Å². The van der Waals surface area contributed by atoms with E-state index in [9.17, 15) is 4.79 Å². The molecule has 0 fully saturated rings. The molecule has 118 valence electrons. The minimum Gasteiger partial charge on any atom is -0.494 e. The molecule has 1 amide bonds. The number of H-pyrrole nitrogens is 1. The van der Waals surface area contributed by atoms with E-state index in [4.69, 9.17) is 10.5 Å². The molecular formula is C16H22N4O2. The number of hydrogen-bond acceptors (Lipinski definition) is 4. The second-order valence-electron chi connectivity index (χ2n) is 5.34. The van der Waals surface area contributed by atoms with Gasteiger partial charge in [-0.05, 0) is 44.7 Å². The summed E-state index contributed by atoms with van der Waals surface area (Å²) in [6.45, 7) is 4.32. The van der Waals surface area contributed by atoms with E-state index in [1.807, 2.05) is 13.1 Å². The fourth-order valence-corrected chi connectivity index (χ4v) is 2.12. The van der Waals surface area contributed by atoms with Gasteiger partial charge in [0.15, 0.2) is 0 Å². The summed E-state index contributed by atoms with van der Waals surface area (Å²) in [4.78, 5) is 20.7. The van der Waals surface area contributed by atoms with Crippen molar-refractivity contribution in [3.05, 3.63) is 47.5 Å². The molecule has 0 saturated heterocycles. The summed E-state index contributed by atoms with van der Waals surface area (Å²) in [7, 11) is 2.06. The number of carbonyl (C=O) groups is 1. The van der Waals surface area contributed by atoms with Crippen LogP contribution in [0.25, 0.3) is 0 Å². The van der Waals surface area contributed by atoms with E-state index in [1.165, 1.54) is 0 Å². The molecule has 6 heteroatoms. The first-order valence-corrected chi connectivity index (χ1v) is 7.26. The van der Waals surface area contributed by atoms with E-state index in [-0.39, 0.29) is 0 Å². The van der Waals surface area contributed by atoms with Gasteiger partial charge in [-0.25, -0.2) is 4.98 Å². The van der Waals surface area contributed by atoms with Gasteiger partial charge in [0, 0.05) is 24.0 Å². The van der Waals surface area contributed by atoms with Gasteiger partial charge in [0.05, 0.1) is 13.2 Å². The van der Waals surface area contributed by atoms with Crippen molar-refractivity contribution in [2.24, 2.45) is 5.73 Å². The number of aryl methyl sites for hydroxylation is 1. The van der Waals surface area contributed by atoms with Crippen LogP contribution in [-0.4, -0.2) is 41.0 Å². The summed E-state index contributed by atoms with van der Waals surface area (Å²) in [5, 5.41) is 0. The third-order valence-electron chi connectivity index (χ3n) is 3.27. The predicted octanol–water partition coefficient (Wildman–Crippen LogP) is 1.72. The highest BCUT2D eigenvalue weighted by Gasteiger charge is 2.04. The topological polar surface area (TPSA) is 84.2 Å². The minimum absolute atomic E-state index is 0.429. The number of amides is 1. The first-order valence-electron chi connectivity index (χ1n) is 7.26. The number of imidazole rings is 1. The number of aromatic amines is 1. The normalized spacial score (nSPS) is 10.9. The Morgan fingerprint density at radius 3 is 2.68 bits per heavy atom. The number of rotatable bonds is 8. The Morgan fingerprint density at radius 2 is 2.09 bits per heavy atom. The highest BCUT2D eigenvalue weighted by Crippen LogP contribution is 2.12. The Balaban J connectivity index is 1.67. The highest BCUT2D eigenvalue weighted by atomic mass is 16.5. The van der Waals surface area contributed by atoms with Gasteiger partial charge >= 0.3 is 0 Å². The fourth-order valence-electron chi connectivity index (χ4n) is 2.12. The highest BCUT2D eigenvalue weighted by molar-refractivity contribution is 5.92. The Morgan fingerprint density at radius 1 is 1.36 bits per heavy atom. The van der Waals surface area contributed by atoms with Crippen LogP contribution in [0.2, 0.25) is 0 Å². The van der Waals surface area contributed by atoms with Gasteiger partial charge in [-0.1, -0.05) is 0 Å². The molecule has 0 aliphatic heterocycles. The third kappa shape index (κ3) is 4.89. The average Bonchev–Trinajstić information content (AvgIpc) is 2.89.